The van der Waals surface area contributed by atoms with E-state index >= 15 is 0 Å². The van der Waals surface area contributed by atoms with Gasteiger partial charge in [0, 0.05) is 0 Å². The highest BCUT2D eigenvalue weighted by molar-refractivity contribution is 7.85. The number of aryl methyl sites for hydroxylation is 1. The van der Waals surface area contributed by atoms with Crippen LogP contribution in [0.4, 0.5) is 0 Å². The third kappa shape index (κ3) is 2.32. The van der Waals surface area contributed by atoms with Gasteiger partial charge < -0.3 is 4.55 Å². The number of rotatable bonds is 1. The lowest BCUT2D eigenvalue weighted by Crippen LogP contribution is -2.00. The molecule has 0 heterocycles. The fourth-order valence-corrected chi connectivity index (χ4v) is 1.54. The van der Waals surface area contributed by atoms with Crippen LogP contribution in [0, 0.1) is 6.92 Å². The molecule has 12 heavy (non-hydrogen) atoms. The molecular weight excluding hydrogens is 176 g/mol. The summed E-state index contributed by atoms with van der Waals surface area (Å²) in [5.41, 5.74) is 0.488. The maximum Gasteiger partial charge on any atom is 0.124 e. The Kier molecular flexibility index (Phi) is 3.42. The second kappa shape index (κ2) is 3.69. The van der Waals surface area contributed by atoms with Crippen molar-refractivity contribution in [3.05, 3.63) is 29.8 Å². The summed E-state index contributed by atoms with van der Waals surface area (Å²) in [6, 6.07) is 6.10. The van der Waals surface area contributed by atoms with Gasteiger partial charge in [-0.3, -0.25) is 0 Å². The van der Waals surface area contributed by atoms with Gasteiger partial charge in [0.15, 0.2) is 0 Å². The van der Waals surface area contributed by atoms with Crippen LogP contribution in [0.5, 0.6) is 0 Å². The van der Waals surface area contributed by atoms with Crippen molar-refractivity contribution < 1.29 is 13.0 Å². The summed E-state index contributed by atoms with van der Waals surface area (Å²) in [5, 5.41) is 0. The van der Waals surface area contributed by atoms with Crippen LogP contribution in [0.15, 0.2) is 29.2 Å². The van der Waals surface area contributed by atoms with Crippen LogP contribution in [0.2, 0.25) is 0 Å². The highest BCUT2D eigenvalue weighted by atomic mass is 32.2. The molecule has 0 radical (unpaired) electrons. The van der Waals surface area contributed by atoms with Crippen molar-refractivity contribution in [1.82, 2.24) is 0 Å². The van der Waals surface area contributed by atoms with Gasteiger partial charge in [-0.15, -0.1) is 0 Å². The lowest BCUT2D eigenvalue weighted by molar-refractivity contribution is 0.462. The summed E-state index contributed by atoms with van der Waals surface area (Å²) in [7, 11) is -4.28. The average molecular weight is 187 g/mol. The van der Waals surface area contributed by atoms with E-state index in [1.807, 2.05) is 0 Å². The third-order valence-electron chi connectivity index (χ3n) is 1.36. The van der Waals surface area contributed by atoms with Crippen LogP contribution in [0.1, 0.15) is 13.0 Å². The van der Waals surface area contributed by atoms with Gasteiger partial charge in [-0.1, -0.05) is 25.6 Å². The predicted octanol–water partition coefficient (Wildman–Crippen LogP) is 1.54. The van der Waals surface area contributed by atoms with Crippen LogP contribution in [0.3, 0.4) is 0 Å². The molecule has 1 rings (SSSR count). The second-order valence-corrected chi connectivity index (χ2v) is 3.57. The molecule has 1 aromatic carbocycles. The molecule has 0 unspecified atom stereocenters. The lowest BCUT2D eigenvalue weighted by Gasteiger charge is -2.08. The third-order valence-corrected chi connectivity index (χ3v) is 2.36. The molecule has 0 bridgehead atoms. The van der Waals surface area contributed by atoms with E-state index in [4.69, 9.17) is 0 Å². The van der Waals surface area contributed by atoms with Crippen molar-refractivity contribution in [3.63, 3.8) is 0 Å². The Morgan fingerprint density at radius 3 is 2.08 bits per heavy atom. The smallest absolute Gasteiger partial charge is 0.124 e. The highest BCUT2D eigenvalue weighted by Crippen LogP contribution is 2.12. The number of benzene rings is 1. The van der Waals surface area contributed by atoms with Crippen molar-refractivity contribution in [1.29, 1.82) is 0 Å². The van der Waals surface area contributed by atoms with E-state index in [1.165, 1.54) is 12.1 Å². The average Bonchev–Trinajstić information content (AvgIpc) is 1.86. The summed E-state index contributed by atoms with van der Waals surface area (Å²) in [4.78, 5) is -0.139. The summed E-state index contributed by atoms with van der Waals surface area (Å²) in [6.45, 7) is 1.59. The predicted molar refractivity (Wildman–Crippen MR) is 45.9 cm³/mol. The quantitative estimate of drug-likeness (QED) is 0.626. The Hall–Kier alpha value is -0.870. The molecule has 0 aliphatic rings. The Balaban J connectivity index is 0.00000121. The van der Waals surface area contributed by atoms with Crippen molar-refractivity contribution in [2.75, 3.05) is 0 Å². The van der Waals surface area contributed by atoms with Gasteiger partial charge in [-0.05, 0) is 18.6 Å². The minimum absolute atomic E-state index is 0. The SMILES string of the molecule is C.Cc1ccccc1S(=O)(=O)[O-]. The highest BCUT2D eigenvalue weighted by Gasteiger charge is 2.02. The van der Waals surface area contributed by atoms with Gasteiger partial charge in [0.05, 0.1) is 4.90 Å². The zero-order valence-electron chi connectivity index (χ0n) is 5.94. The molecule has 0 saturated carbocycles. The van der Waals surface area contributed by atoms with Crippen molar-refractivity contribution in [2.24, 2.45) is 0 Å². The van der Waals surface area contributed by atoms with E-state index in [0.29, 0.717) is 5.56 Å². The summed E-state index contributed by atoms with van der Waals surface area (Å²) < 4.78 is 31.5. The maximum absolute atomic E-state index is 10.5. The van der Waals surface area contributed by atoms with E-state index in [-0.39, 0.29) is 12.3 Å². The molecule has 0 saturated heterocycles. The molecule has 0 aromatic heterocycles. The Morgan fingerprint density at radius 2 is 1.75 bits per heavy atom. The standard InChI is InChI=1S/C7H8O3S.CH4/c1-6-4-2-3-5-7(6)11(8,9)10;/h2-5H,1H3,(H,8,9,10);1H4/p-1. The number of hydrogen-bond donors (Lipinski definition) is 0. The molecule has 0 spiro atoms. The van der Waals surface area contributed by atoms with E-state index in [0.717, 1.165) is 0 Å². The van der Waals surface area contributed by atoms with Crippen molar-refractivity contribution in [3.8, 4) is 0 Å². The minimum atomic E-state index is -4.28. The van der Waals surface area contributed by atoms with Gasteiger partial charge in [0.25, 0.3) is 0 Å². The molecule has 1 aromatic rings. The molecule has 0 fully saturated rings. The molecule has 0 N–H and O–H groups in total. The van der Waals surface area contributed by atoms with Crippen LogP contribution >= 0.6 is 0 Å². The van der Waals surface area contributed by atoms with Gasteiger partial charge in [-0.25, -0.2) is 8.42 Å². The van der Waals surface area contributed by atoms with Gasteiger partial charge in [-0.2, -0.15) is 0 Å². The zero-order valence-corrected chi connectivity index (χ0v) is 6.76. The molecule has 3 nitrogen and oxygen atoms in total. The fraction of sp³-hybridized carbons (Fsp3) is 0.250. The number of hydrogen-bond acceptors (Lipinski definition) is 3. The molecular formula is C8H11O3S-. The topological polar surface area (TPSA) is 57.2 Å². The van der Waals surface area contributed by atoms with Crippen LogP contribution in [-0.2, 0) is 10.1 Å². The van der Waals surface area contributed by atoms with Crippen LogP contribution in [0.25, 0.3) is 0 Å². The Morgan fingerprint density at radius 1 is 1.25 bits per heavy atom. The van der Waals surface area contributed by atoms with E-state index in [1.54, 1.807) is 19.1 Å². The lowest BCUT2D eigenvalue weighted by atomic mass is 10.2. The first kappa shape index (κ1) is 11.1. The van der Waals surface area contributed by atoms with E-state index in [2.05, 4.69) is 0 Å². The molecule has 0 amide bonds. The molecule has 0 aliphatic heterocycles. The second-order valence-electron chi connectivity index (χ2n) is 2.22. The monoisotopic (exact) mass is 187 g/mol. The zero-order chi connectivity index (χ0) is 8.48. The van der Waals surface area contributed by atoms with E-state index < -0.39 is 10.1 Å². The Labute approximate surface area is 72.8 Å². The summed E-state index contributed by atoms with van der Waals surface area (Å²) in [6.07, 6.45) is 0. The molecule has 68 valence electrons. The Bertz CT molecular complexity index is 354. The van der Waals surface area contributed by atoms with Gasteiger partial charge in [0.2, 0.25) is 0 Å². The van der Waals surface area contributed by atoms with Gasteiger partial charge in [0.1, 0.15) is 10.1 Å². The van der Waals surface area contributed by atoms with Crippen LogP contribution < -0.4 is 0 Å². The van der Waals surface area contributed by atoms with Crippen molar-refractivity contribution in [2.45, 2.75) is 19.2 Å². The fourth-order valence-electron chi connectivity index (χ4n) is 0.837. The normalized spacial score (nSPS) is 10.5. The maximum atomic E-state index is 10.5. The van der Waals surface area contributed by atoms with E-state index in [9.17, 15) is 13.0 Å². The van der Waals surface area contributed by atoms with Crippen molar-refractivity contribution >= 4 is 10.1 Å². The summed E-state index contributed by atoms with van der Waals surface area (Å²) in [5.74, 6) is 0. The first-order valence-electron chi connectivity index (χ1n) is 3.03. The largest absolute Gasteiger partial charge is 0.744 e. The molecule has 0 atom stereocenters. The van der Waals surface area contributed by atoms with Crippen LogP contribution in [-0.4, -0.2) is 13.0 Å². The molecule has 4 heteroatoms. The first-order valence-corrected chi connectivity index (χ1v) is 4.44. The summed E-state index contributed by atoms with van der Waals surface area (Å²) >= 11 is 0. The molecule has 0 aliphatic carbocycles. The van der Waals surface area contributed by atoms with Gasteiger partial charge >= 0.3 is 0 Å². The first-order chi connectivity index (χ1) is 5.02. The minimum Gasteiger partial charge on any atom is -0.744 e.